The number of nitrogens with zero attached hydrogens (tertiary/aromatic N) is 1. The van der Waals surface area contributed by atoms with Crippen molar-refractivity contribution in [2.75, 3.05) is 17.5 Å². The monoisotopic (exact) mass is 492 g/mol. The van der Waals surface area contributed by atoms with Crippen LogP contribution in [-0.2, 0) is 21.4 Å². The highest BCUT2D eigenvalue weighted by Crippen LogP contribution is 2.25. The Balaban J connectivity index is 1.55. The first-order valence-corrected chi connectivity index (χ1v) is 12.6. The van der Waals surface area contributed by atoms with Crippen LogP contribution in [0.25, 0.3) is 10.8 Å². The lowest BCUT2D eigenvalue weighted by Gasteiger charge is -2.24. The van der Waals surface area contributed by atoms with Crippen LogP contribution in [0.2, 0.25) is 0 Å². The van der Waals surface area contributed by atoms with Crippen LogP contribution in [0.5, 0.6) is 5.75 Å². The van der Waals surface area contributed by atoms with E-state index in [0.29, 0.717) is 12.4 Å². The standard InChI is InChI=1S/C27H25FN2O4S/c1-2-34-25-13-15-26(16-14-25)35(32,33)30(24-11-9-23(28)10-12-24)19-27(31)29-18-20-7-8-21-5-3-4-6-22(21)17-20/h3-17H,2,18-19H2,1H3,(H,29,31). The Bertz CT molecular complexity index is 1420. The molecule has 0 aromatic heterocycles. The van der Waals surface area contributed by atoms with Gasteiger partial charge in [0.05, 0.1) is 17.2 Å². The number of carbonyl (C=O) groups is 1. The number of anilines is 1. The first-order chi connectivity index (χ1) is 16.9. The van der Waals surface area contributed by atoms with E-state index in [0.717, 1.165) is 32.8 Å². The van der Waals surface area contributed by atoms with Crippen molar-refractivity contribution in [2.45, 2.75) is 18.4 Å². The van der Waals surface area contributed by atoms with Gasteiger partial charge in [0.2, 0.25) is 5.91 Å². The molecule has 0 fully saturated rings. The van der Waals surface area contributed by atoms with Gasteiger partial charge in [-0.15, -0.1) is 0 Å². The molecule has 0 aliphatic carbocycles. The molecule has 0 spiro atoms. The van der Waals surface area contributed by atoms with E-state index in [1.807, 2.05) is 49.4 Å². The number of amides is 1. The summed E-state index contributed by atoms with van der Waals surface area (Å²) in [6.07, 6.45) is 0. The first-order valence-electron chi connectivity index (χ1n) is 11.1. The molecule has 180 valence electrons. The van der Waals surface area contributed by atoms with Gasteiger partial charge in [-0.1, -0.05) is 36.4 Å². The first kappa shape index (κ1) is 24.2. The zero-order chi connectivity index (χ0) is 24.8. The highest BCUT2D eigenvalue weighted by molar-refractivity contribution is 7.92. The number of fused-ring (bicyclic) bond motifs is 1. The molecule has 0 saturated carbocycles. The summed E-state index contributed by atoms with van der Waals surface area (Å²) >= 11 is 0. The molecular formula is C27H25FN2O4S. The molecule has 4 aromatic carbocycles. The van der Waals surface area contributed by atoms with Crippen molar-refractivity contribution in [1.82, 2.24) is 5.32 Å². The van der Waals surface area contributed by atoms with Crippen LogP contribution in [0, 0.1) is 5.82 Å². The van der Waals surface area contributed by atoms with Crippen molar-refractivity contribution in [1.29, 1.82) is 0 Å². The van der Waals surface area contributed by atoms with E-state index in [1.165, 1.54) is 24.3 Å². The number of carbonyl (C=O) groups excluding carboxylic acids is 1. The maximum atomic E-state index is 13.5. The quantitative estimate of drug-likeness (QED) is 0.361. The smallest absolute Gasteiger partial charge is 0.264 e. The average molecular weight is 493 g/mol. The van der Waals surface area contributed by atoms with Gasteiger partial charge in [0.1, 0.15) is 18.1 Å². The molecule has 0 unspecified atom stereocenters. The third kappa shape index (κ3) is 5.78. The molecule has 0 aliphatic rings. The largest absolute Gasteiger partial charge is 0.494 e. The maximum absolute atomic E-state index is 13.5. The second-order valence-corrected chi connectivity index (χ2v) is 9.71. The molecule has 0 aliphatic heterocycles. The molecule has 0 radical (unpaired) electrons. The second kappa shape index (κ2) is 10.6. The highest BCUT2D eigenvalue weighted by atomic mass is 32.2. The van der Waals surface area contributed by atoms with Crippen LogP contribution in [0.4, 0.5) is 10.1 Å². The Morgan fingerprint density at radius 3 is 2.29 bits per heavy atom. The lowest BCUT2D eigenvalue weighted by atomic mass is 10.1. The Morgan fingerprint density at radius 1 is 0.914 bits per heavy atom. The zero-order valence-electron chi connectivity index (χ0n) is 19.1. The summed E-state index contributed by atoms with van der Waals surface area (Å²) < 4.78 is 46.8. The summed E-state index contributed by atoms with van der Waals surface area (Å²) in [7, 11) is -4.11. The van der Waals surface area contributed by atoms with Crippen molar-refractivity contribution >= 4 is 32.4 Å². The third-order valence-corrected chi connectivity index (χ3v) is 7.22. The molecule has 1 N–H and O–H groups in total. The lowest BCUT2D eigenvalue weighted by molar-refractivity contribution is -0.119. The third-order valence-electron chi connectivity index (χ3n) is 5.43. The van der Waals surface area contributed by atoms with Gasteiger partial charge in [0.25, 0.3) is 10.0 Å². The average Bonchev–Trinajstić information content (AvgIpc) is 2.87. The van der Waals surface area contributed by atoms with E-state index in [-0.39, 0.29) is 17.1 Å². The van der Waals surface area contributed by atoms with Gasteiger partial charge in [0.15, 0.2) is 0 Å². The Morgan fingerprint density at radius 2 is 1.60 bits per heavy atom. The molecule has 6 nitrogen and oxygen atoms in total. The fourth-order valence-corrected chi connectivity index (χ4v) is 5.08. The van der Waals surface area contributed by atoms with E-state index >= 15 is 0 Å². The lowest BCUT2D eigenvalue weighted by Crippen LogP contribution is -2.40. The van der Waals surface area contributed by atoms with E-state index in [2.05, 4.69) is 5.32 Å². The van der Waals surface area contributed by atoms with Gasteiger partial charge in [0, 0.05) is 6.54 Å². The van der Waals surface area contributed by atoms with E-state index in [4.69, 9.17) is 4.74 Å². The maximum Gasteiger partial charge on any atom is 0.264 e. The minimum absolute atomic E-state index is 0.00685. The van der Waals surface area contributed by atoms with Crippen LogP contribution in [0.1, 0.15) is 12.5 Å². The van der Waals surface area contributed by atoms with Gasteiger partial charge in [-0.2, -0.15) is 0 Å². The Kier molecular flexibility index (Phi) is 7.31. The fraction of sp³-hybridized carbons (Fsp3) is 0.148. The molecule has 0 bridgehead atoms. The van der Waals surface area contributed by atoms with Gasteiger partial charge >= 0.3 is 0 Å². The summed E-state index contributed by atoms with van der Waals surface area (Å²) in [6, 6.07) is 24.7. The topological polar surface area (TPSA) is 75.7 Å². The number of halogens is 1. The van der Waals surface area contributed by atoms with Crippen molar-refractivity contribution < 1.29 is 22.3 Å². The number of sulfonamides is 1. The summed E-state index contributed by atoms with van der Waals surface area (Å²) in [6.45, 7) is 2.06. The zero-order valence-corrected chi connectivity index (χ0v) is 20.0. The molecule has 35 heavy (non-hydrogen) atoms. The number of nitrogens with one attached hydrogen (secondary N) is 1. The minimum atomic E-state index is -4.11. The van der Waals surface area contributed by atoms with Crippen LogP contribution >= 0.6 is 0 Å². The Labute approximate surface area is 204 Å². The fourth-order valence-electron chi connectivity index (χ4n) is 3.66. The molecule has 4 rings (SSSR count). The van der Waals surface area contributed by atoms with Gasteiger partial charge in [-0.25, -0.2) is 12.8 Å². The summed E-state index contributed by atoms with van der Waals surface area (Å²) in [5.74, 6) is -0.460. The SMILES string of the molecule is CCOc1ccc(S(=O)(=O)N(CC(=O)NCc2ccc3ccccc3c2)c2ccc(F)cc2)cc1. The number of benzene rings is 4. The molecule has 0 heterocycles. The highest BCUT2D eigenvalue weighted by Gasteiger charge is 2.27. The molecule has 0 saturated heterocycles. The molecule has 1 amide bonds. The summed E-state index contributed by atoms with van der Waals surface area (Å²) in [5, 5.41) is 4.92. The van der Waals surface area contributed by atoms with Gasteiger partial charge < -0.3 is 10.1 Å². The minimum Gasteiger partial charge on any atom is -0.494 e. The van der Waals surface area contributed by atoms with Crippen LogP contribution in [0.15, 0.2) is 95.9 Å². The predicted octanol–water partition coefficient (Wildman–Crippen LogP) is 4.89. The van der Waals surface area contributed by atoms with Crippen molar-refractivity contribution in [3.63, 3.8) is 0 Å². The number of ether oxygens (including phenoxy) is 1. The van der Waals surface area contributed by atoms with Crippen molar-refractivity contribution in [3.05, 3.63) is 102 Å². The molecular weight excluding hydrogens is 467 g/mol. The van der Waals surface area contributed by atoms with Crippen molar-refractivity contribution in [2.24, 2.45) is 0 Å². The number of rotatable bonds is 9. The van der Waals surface area contributed by atoms with Crippen LogP contribution in [0.3, 0.4) is 0 Å². The van der Waals surface area contributed by atoms with Crippen LogP contribution in [-0.4, -0.2) is 27.5 Å². The summed E-state index contributed by atoms with van der Waals surface area (Å²) in [5.41, 5.74) is 1.07. The normalized spacial score (nSPS) is 11.3. The van der Waals surface area contributed by atoms with Crippen molar-refractivity contribution in [3.8, 4) is 5.75 Å². The van der Waals surface area contributed by atoms with Gasteiger partial charge in [-0.05, 0) is 77.9 Å². The van der Waals surface area contributed by atoms with E-state index in [9.17, 15) is 17.6 Å². The van der Waals surface area contributed by atoms with Crippen LogP contribution < -0.4 is 14.4 Å². The number of hydrogen-bond acceptors (Lipinski definition) is 4. The predicted molar refractivity (Wildman–Crippen MR) is 134 cm³/mol. The van der Waals surface area contributed by atoms with Gasteiger partial charge in [-0.3, -0.25) is 9.10 Å². The Hall–Kier alpha value is -3.91. The summed E-state index contributed by atoms with van der Waals surface area (Å²) in [4.78, 5) is 12.8. The molecule has 0 atom stereocenters. The van der Waals surface area contributed by atoms with E-state index < -0.39 is 28.3 Å². The number of hydrogen-bond donors (Lipinski definition) is 1. The van der Waals surface area contributed by atoms with E-state index in [1.54, 1.807) is 12.1 Å². The molecule has 8 heteroatoms. The second-order valence-electron chi connectivity index (χ2n) is 7.85. The molecule has 4 aromatic rings.